The molecule has 0 fully saturated rings. The monoisotopic (exact) mass is 245 g/mol. The van der Waals surface area contributed by atoms with Crippen LogP contribution in [-0.2, 0) is 6.54 Å². The maximum atomic E-state index is 10.9. The van der Waals surface area contributed by atoms with Crippen molar-refractivity contribution in [2.45, 2.75) is 20.4 Å². The van der Waals surface area contributed by atoms with Crippen molar-refractivity contribution in [2.24, 2.45) is 0 Å². The van der Waals surface area contributed by atoms with Gasteiger partial charge in [0, 0.05) is 24.6 Å². The lowest BCUT2D eigenvalue weighted by atomic mass is 10.1. The van der Waals surface area contributed by atoms with Crippen molar-refractivity contribution in [3.8, 4) is 0 Å². The summed E-state index contributed by atoms with van der Waals surface area (Å²) in [7, 11) is 0. The Hall–Kier alpha value is -2.30. The second-order valence-corrected chi connectivity index (χ2v) is 4.00. The molecule has 0 saturated heterocycles. The smallest absolute Gasteiger partial charge is 0.335 e. The van der Waals surface area contributed by atoms with Crippen molar-refractivity contribution < 1.29 is 9.90 Å². The van der Waals surface area contributed by atoms with Gasteiger partial charge in [-0.25, -0.2) is 9.78 Å². The summed E-state index contributed by atoms with van der Waals surface area (Å²) in [5, 5.41) is 12.1. The minimum Gasteiger partial charge on any atom is -0.478 e. The molecule has 0 unspecified atom stereocenters. The molecule has 2 N–H and O–H groups in total. The lowest BCUT2D eigenvalue weighted by molar-refractivity contribution is 0.0696. The zero-order valence-corrected chi connectivity index (χ0v) is 10.3. The van der Waals surface area contributed by atoms with Crippen molar-refractivity contribution in [1.82, 2.24) is 9.55 Å². The van der Waals surface area contributed by atoms with Gasteiger partial charge in [-0.15, -0.1) is 0 Å². The normalized spacial score (nSPS) is 10.3. The fourth-order valence-electron chi connectivity index (χ4n) is 1.80. The third-order valence-corrected chi connectivity index (χ3v) is 2.77. The van der Waals surface area contributed by atoms with Crippen LogP contribution in [0.5, 0.6) is 0 Å². The van der Waals surface area contributed by atoms with E-state index in [-0.39, 0.29) is 0 Å². The molecule has 1 aromatic heterocycles. The van der Waals surface area contributed by atoms with Crippen LogP contribution in [0.1, 0.15) is 22.8 Å². The summed E-state index contributed by atoms with van der Waals surface area (Å²) in [6.45, 7) is 4.64. The van der Waals surface area contributed by atoms with E-state index >= 15 is 0 Å². The van der Waals surface area contributed by atoms with Gasteiger partial charge in [0.05, 0.1) is 5.56 Å². The van der Waals surface area contributed by atoms with Gasteiger partial charge in [0.15, 0.2) is 0 Å². The average Bonchev–Trinajstić information content (AvgIpc) is 2.76. The van der Waals surface area contributed by atoms with Crippen molar-refractivity contribution >= 4 is 17.6 Å². The van der Waals surface area contributed by atoms with E-state index in [9.17, 15) is 4.79 Å². The van der Waals surface area contributed by atoms with Gasteiger partial charge in [-0.2, -0.15) is 0 Å². The first kappa shape index (κ1) is 12.2. The van der Waals surface area contributed by atoms with Crippen molar-refractivity contribution in [3.63, 3.8) is 0 Å². The second kappa shape index (κ2) is 4.91. The molecule has 0 radical (unpaired) electrons. The molecule has 18 heavy (non-hydrogen) atoms. The van der Waals surface area contributed by atoms with Gasteiger partial charge in [-0.05, 0) is 37.6 Å². The number of aromatic nitrogens is 2. The molecule has 0 aliphatic heterocycles. The van der Waals surface area contributed by atoms with E-state index in [2.05, 4.69) is 10.3 Å². The zero-order valence-electron chi connectivity index (χ0n) is 10.3. The Bertz CT molecular complexity index is 575. The van der Waals surface area contributed by atoms with Gasteiger partial charge < -0.3 is 15.0 Å². The molecule has 0 aliphatic rings. The van der Waals surface area contributed by atoms with Gasteiger partial charge in [0.25, 0.3) is 0 Å². The average molecular weight is 245 g/mol. The first-order chi connectivity index (χ1) is 8.61. The van der Waals surface area contributed by atoms with Crippen LogP contribution in [0.4, 0.5) is 11.6 Å². The van der Waals surface area contributed by atoms with Crippen molar-refractivity contribution in [1.29, 1.82) is 0 Å². The lowest BCUT2D eigenvalue weighted by Crippen LogP contribution is -2.03. The summed E-state index contributed by atoms with van der Waals surface area (Å²) < 4.78 is 1.97. The third kappa shape index (κ3) is 2.34. The van der Waals surface area contributed by atoms with Gasteiger partial charge in [0.1, 0.15) is 0 Å². The maximum Gasteiger partial charge on any atom is 0.335 e. The molecule has 0 spiro atoms. The number of nitrogens with zero attached hydrogens (tertiary/aromatic N) is 2. The number of hydrogen-bond donors (Lipinski definition) is 2. The molecule has 0 bridgehead atoms. The molecule has 1 heterocycles. The first-order valence-corrected chi connectivity index (χ1v) is 5.74. The van der Waals surface area contributed by atoms with Gasteiger partial charge in [-0.1, -0.05) is 0 Å². The Morgan fingerprint density at radius 2 is 2.28 bits per heavy atom. The number of benzene rings is 1. The number of aryl methyl sites for hydroxylation is 2. The molecule has 0 aliphatic carbocycles. The molecule has 94 valence electrons. The Morgan fingerprint density at radius 3 is 2.89 bits per heavy atom. The van der Waals surface area contributed by atoms with Crippen LogP contribution in [-0.4, -0.2) is 20.6 Å². The summed E-state index contributed by atoms with van der Waals surface area (Å²) in [5.74, 6) is -0.158. The molecule has 2 aromatic rings. The molecule has 1 aromatic carbocycles. The topological polar surface area (TPSA) is 67.2 Å². The standard InChI is InChI=1S/C13H15N3O2/c1-3-16-7-6-14-13(16)15-10-4-5-11(12(17)18)9(2)8-10/h4-8H,3H2,1-2H3,(H,14,15)(H,17,18). The number of rotatable bonds is 4. The summed E-state index contributed by atoms with van der Waals surface area (Å²) in [6, 6.07) is 5.14. The van der Waals surface area contributed by atoms with Gasteiger partial charge in [-0.3, -0.25) is 0 Å². The number of carbonyl (C=O) groups is 1. The van der Waals surface area contributed by atoms with Crippen LogP contribution in [0.15, 0.2) is 30.6 Å². The number of hydrogen-bond acceptors (Lipinski definition) is 3. The van der Waals surface area contributed by atoms with E-state index in [0.29, 0.717) is 5.56 Å². The van der Waals surface area contributed by atoms with E-state index in [1.54, 1.807) is 31.3 Å². The summed E-state index contributed by atoms with van der Waals surface area (Å²) >= 11 is 0. The Kier molecular flexibility index (Phi) is 3.32. The van der Waals surface area contributed by atoms with Crippen LogP contribution in [0, 0.1) is 6.92 Å². The summed E-state index contributed by atoms with van der Waals surface area (Å²) in [4.78, 5) is 15.1. The molecule has 0 saturated carbocycles. The highest BCUT2D eigenvalue weighted by molar-refractivity contribution is 5.90. The Morgan fingerprint density at radius 1 is 1.50 bits per heavy atom. The quantitative estimate of drug-likeness (QED) is 0.869. The van der Waals surface area contributed by atoms with Crippen LogP contribution < -0.4 is 5.32 Å². The lowest BCUT2D eigenvalue weighted by Gasteiger charge is -2.09. The van der Waals surface area contributed by atoms with E-state index in [0.717, 1.165) is 23.7 Å². The predicted molar refractivity (Wildman–Crippen MR) is 69.3 cm³/mol. The number of aromatic carboxylic acids is 1. The van der Waals surface area contributed by atoms with Crippen molar-refractivity contribution in [2.75, 3.05) is 5.32 Å². The second-order valence-electron chi connectivity index (χ2n) is 4.00. The fraction of sp³-hybridized carbons (Fsp3) is 0.231. The SMILES string of the molecule is CCn1ccnc1Nc1ccc(C(=O)O)c(C)c1. The molecule has 5 heteroatoms. The fourth-order valence-corrected chi connectivity index (χ4v) is 1.80. The molecule has 0 atom stereocenters. The minimum atomic E-state index is -0.908. The third-order valence-electron chi connectivity index (χ3n) is 2.77. The zero-order chi connectivity index (χ0) is 13.1. The number of nitrogens with one attached hydrogen (secondary N) is 1. The number of carboxylic acid groups (broad SMARTS) is 1. The number of anilines is 2. The van der Waals surface area contributed by atoms with Crippen LogP contribution in [0.2, 0.25) is 0 Å². The van der Waals surface area contributed by atoms with Crippen LogP contribution in [0.3, 0.4) is 0 Å². The van der Waals surface area contributed by atoms with Crippen molar-refractivity contribution in [3.05, 3.63) is 41.7 Å². The Balaban J connectivity index is 2.25. The van der Waals surface area contributed by atoms with Crippen LogP contribution >= 0.6 is 0 Å². The predicted octanol–water partition coefficient (Wildman–Crippen LogP) is 2.65. The largest absolute Gasteiger partial charge is 0.478 e. The number of carboxylic acids is 1. The molecular weight excluding hydrogens is 230 g/mol. The molecule has 5 nitrogen and oxygen atoms in total. The molecule has 2 rings (SSSR count). The molecule has 0 amide bonds. The van der Waals surface area contributed by atoms with Gasteiger partial charge >= 0.3 is 5.97 Å². The minimum absolute atomic E-state index is 0.319. The van der Waals surface area contributed by atoms with E-state index in [1.165, 1.54) is 0 Å². The number of imidazole rings is 1. The molecular formula is C13H15N3O2. The van der Waals surface area contributed by atoms with Gasteiger partial charge in [0.2, 0.25) is 5.95 Å². The highest BCUT2D eigenvalue weighted by Gasteiger charge is 2.08. The maximum absolute atomic E-state index is 10.9. The van der Waals surface area contributed by atoms with Crippen LogP contribution in [0.25, 0.3) is 0 Å². The van der Waals surface area contributed by atoms with E-state index in [4.69, 9.17) is 5.11 Å². The van der Waals surface area contributed by atoms with E-state index < -0.39 is 5.97 Å². The Labute approximate surface area is 105 Å². The van der Waals surface area contributed by atoms with E-state index in [1.807, 2.05) is 17.7 Å². The first-order valence-electron chi connectivity index (χ1n) is 5.74. The highest BCUT2D eigenvalue weighted by Crippen LogP contribution is 2.19. The highest BCUT2D eigenvalue weighted by atomic mass is 16.4. The summed E-state index contributed by atoms with van der Waals surface area (Å²) in [5.41, 5.74) is 1.87. The summed E-state index contributed by atoms with van der Waals surface area (Å²) in [6.07, 6.45) is 3.62.